The van der Waals surface area contributed by atoms with Gasteiger partial charge in [0.1, 0.15) is 6.04 Å². The molecule has 8 nitrogen and oxygen atoms in total. The number of unbranched alkanes of at least 4 members (excludes halogenated alkanes) is 1. The van der Waals surface area contributed by atoms with Crippen LogP contribution in [0.5, 0.6) is 0 Å². The van der Waals surface area contributed by atoms with Crippen LogP contribution >= 0.6 is 0 Å². The Kier molecular flexibility index (Phi) is 8.23. The molecule has 0 heterocycles. The lowest BCUT2D eigenvalue weighted by Gasteiger charge is -2.39. The number of fused-ring (bicyclic) bond motifs is 2. The van der Waals surface area contributed by atoms with E-state index in [0.717, 1.165) is 12.8 Å². The van der Waals surface area contributed by atoms with Crippen molar-refractivity contribution in [3.05, 3.63) is 0 Å². The minimum Gasteiger partial charge on any atom is -0.480 e. The summed E-state index contributed by atoms with van der Waals surface area (Å²) in [6, 6.07) is -1.47. The van der Waals surface area contributed by atoms with Crippen LogP contribution in [0.25, 0.3) is 0 Å². The summed E-state index contributed by atoms with van der Waals surface area (Å²) in [7, 11) is 0. The fraction of sp³-hybridized carbons (Fsp3) is 0.900. The number of hydrogen-bond donors (Lipinski definition) is 5. The van der Waals surface area contributed by atoms with Gasteiger partial charge in [-0.2, -0.15) is 0 Å². The number of nitrogens with one attached hydrogen (secondary N) is 3. The van der Waals surface area contributed by atoms with Crippen LogP contribution in [0.3, 0.4) is 0 Å². The van der Waals surface area contributed by atoms with Crippen molar-refractivity contribution in [2.45, 2.75) is 90.8 Å². The van der Waals surface area contributed by atoms with Gasteiger partial charge in [-0.05, 0) is 61.8 Å². The molecule has 2 fully saturated rings. The minimum atomic E-state index is -1.83. The largest absolute Gasteiger partial charge is 0.480 e. The third-order valence-corrected chi connectivity index (χ3v) is 8.58. The van der Waals surface area contributed by atoms with Crippen LogP contribution in [-0.2, 0) is 20.8 Å². The van der Waals surface area contributed by atoms with Crippen molar-refractivity contribution >= 4 is 23.0 Å². The van der Waals surface area contributed by atoms with E-state index in [1.807, 2.05) is 6.92 Å². The van der Waals surface area contributed by atoms with Crippen LogP contribution in [0, 0.1) is 16.7 Å². The van der Waals surface area contributed by atoms with Crippen molar-refractivity contribution in [2.24, 2.45) is 22.5 Å². The number of amides is 1. The molecule has 2 aliphatic carbocycles. The average molecular weight is 431 g/mol. The van der Waals surface area contributed by atoms with E-state index in [2.05, 4.69) is 35.5 Å². The van der Waals surface area contributed by atoms with Crippen molar-refractivity contribution in [2.75, 3.05) is 6.54 Å². The fourth-order valence-corrected chi connectivity index (χ4v) is 6.11. The van der Waals surface area contributed by atoms with E-state index in [-0.39, 0.29) is 22.8 Å². The topological polar surface area (TPSA) is 134 Å². The summed E-state index contributed by atoms with van der Waals surface area (Å²) in [4.78, 5) is 24.2. The van der Waals surface area contributed by atoms with Crippen LogP contribution in [0.4, 0.5) is 0 Å². The molecule has 0 aromatic heterocycles. The molecule has 6 atom stereocenters. The van der Waals surface area contributed by atoms with Crippen molar-refractivity contribution in [3.63, 3.8) is 0 Å². The Morgan fingerprint density at radius 3 is 2.34 bits per heavy atom. The third kappa shape index (κ3) is 5.18. The second-order valence-electron chi connectivity index (χ2n) is 9.31. The van der Waals surface area contributed by atoms with Crippen LogP contribution in [0.2, 0.25) is 0 Å². The highest BCUT2D eigenvalue weighted by Crippen LogP contribution is 2.65. The maximum atomic E-state index is 12.9. The van der Waals surface area contributed by atoms with Crippen molar-refractivity contribution < 1.29 is 18.9 Å². The number of carbonyl (C=O) groups is 2. The molecule has 0 saturated heterocycles. The molecule has 6 N–H and O–H groups in total. The Balaban J connectivity index is 1.91. The summed E-state index contributed by atoms with van der Waals surface area (Å²) >= 11 is -1.83. The summed E-state index contributed by atoms with van der Waals surface area (Å²) in [6.45, 7) is 9.18. The van der Waals surface area contributed by atoms with Gasteiger partial charge in [-0.15, -0.1) is 0 Å². The average Bonchev–Trinajstić information content (AvgIpc) is 2.98. The Hall–Kier alpha value is -1.03. The zero-order valence-corrected chi connectivity index (χ0v) is 18.9. The van der Waals surface area contributed by atoms with Gasteiger partial charge in [0.2, 0.25) is 5.91 Å². The third-order valence-electron chi connectivity index (χ3n) is 7.58. The summed E-state index contributed by atoms with van der Waals surface area (Å²) < 4.78 is 17.7. The summed E-state index contributed by atoms with van der Waals surface area (Å²) in [6.07, 6.45) is 5.43. The highest BCUT2D eigenvalue weighted by molar-refractivity contribution is 7.81. The maximum absolute atomic E-state index is 12.9. The van der Waals surface area contributed by atoms with Gasteiger partial charge >= 0.3 is 5.97 Å². The quantitative estimate of drug-likeness (QED) is 0.299. The molecular formula is C20H38N4O4S. The van der Waals surface area contributed by atoms with Gasteiger partial charge in [-0.1, -0.05) is 34.1 Å². The van der Waals surface area contributed by atoms with E-state index in [1.54, 1.807) is 0 Å². The summed E-state index contributed by atoms with van der Waals surface area (Å²) in [5.41, 5.74) is 5.71. The lowest BCUT2D eigenvalue weighted by molar-refractivity contribution is -0.139. The van der Waals surface area contributed by atoms with Crippen molar-refractivity contribution in [3.8, 4) is 0 Å². The molecule has 2 saturated carbocycles. The van der Waals surface area contributed by atoms with E-state index in [1.165, 1.54) is 6.42 Å². The van der Waals surface area contributed by atoms with E-state index in [0.29, 0.717) is 38.1 Å². The molecule has 0 aliphatic heterocycles. The van der Waals surface area contributed by atoms with Gasteiger partial charge in [0.15, 0.2) is 11.2 Å². The molecule has 168 valence electrons. The predicted octanol–water partition coefficient (Wildman–Crippen LogP) is 1.44. The van der Waals surface area contributed by atoms with E-state index in [4.69, 9.17) is 5.73 Å². The number of carboxylic acid groups (broad SMARTS) is 1. The van der Waals surface area contributed by atoms with Gasteiger partial charge in [0.25, 0.3) is 0 Å². The van der Waals surface area contributed by atoms with Gasteiger partial charge < -0.3 is 16.2 Å². The zero-order chi connectivity index (χ0) is 21.8. The maximum Gasteiger partial charge on any atom is 0.321 e. The Bertz CT molecular complexity index is 630. The molecule has 2 bridgehead atoms. The molecule has 1 amide bonds. The Morgan fingerprint density at radius 1 is 1.21 bits per heavy atom. The van der Waals surface area contributed by atoms with Gasteiger partial charge in [-0.3, -0.25) is 9.59 Å². The number of carbonyl (C=O) groups excluding carboxylic acids is 1. The first kappa shape index (κ1) is 24.2. The number of aliphatic carboxylic acids is 1. The van der Waals surface area contributed by atoms with Gasteiger partial charge in [-0.25, -0.2) is 13.7 Å². The lowest BCUT2D eigenvalue weighted by Crippen LogP contribution is -2.54. The molecule has 0 spiro atoms. The normalized spacial score (nSPS) is 30.7. The summed E-state index contributed by atoms with van der Waals surface area (Å²) in [5.74, 6) is -0.620. The van der Waals surface area contributed by atoms with Crippen LogP contribution in [0.1, 0.15) is 72.6 Å². The first-order valence-electron chi connectivity index (χ1n) is 10.7. The smallest absolute Gasteiger partial charge is 0.321 e. The molecule has 0 aromatic rings. The molecule has 1 unspecified atom stereocenters. The van der Waals surface area contributed by atoms with E-state index >= 15 is 0 Å². The highest BCUT2D eigenvalue weighted by Gasteiger charge is 2.61. The molecule has 0 aromatic carbocycles. The van der Waals surface area contributed by atoms with Crippen LogP contribution < -0.4 is 20.5 Å². The minimum absolute atomic E-state index is 0.0699. The first-order valence-corrected chi connectivity index (χ1v) is 11.9. The Morgan fingerprint density at radius 2 is 1.86 bits per heavy atom. The molecule has 0 radical (unpaired) electrons. The number of rotatable bonds is 12. The summed E-state index contributed by atoms with van der Waals surface area (Å²) in [5, 5.41) is 12.5. The predicted molar refractivity (Wildman–Crippen MR) is 114 cm³/mol. The van der Waals surface area contributed by atoms with Crippen LogP contribution in [0.15, 0.2) is 0 Å². The number of carboxylic acids is 1. The molecule has 2 rings (SSSR count). The fourth-order valence-electron chi connectivity index (χ4n) is 5.03. The Labute approximate surface area is 176 Å². The van der Waals surface area contributed by atoms with E-state index < -0.39 is 29.2 Å². The molecular weight excluding hydrogens is 392 g/mol. The van der Waals surface area contributed by atoms with Crippen LogP contribution in [-0.4, -0.2) is 45.9 Å². The van der Waals surface area contributed by atoms with Crippen molar-refractivity contribution in [1.82, 2.24) is 14.8 Å². The van der Waals surface area contributed by atoms with E-state index in [9.17, 15) is 18.9 Å². The monoisotopic (exact) mass is 430 g/mol. The number of hydrogen-bond acceptors (Lipinski definition) is 4. The standard InChI is InChI=1S/C20H38N4O4S/c1-5-14(23-29(28)24-15(18(26)27)8-6-7-11-21)17(25)22-16-12-13-9-10-20(16,4)19(13,2)3/h13-16,23-24H,5-12,21H2,1-4H3,(H,22,25)(H,26,27)/t13-,14+,15+,16+,20+,29?/m1/s1. The molecule has 29 heavy (non-hydrogen) atoms. The SMILES string of the molecule is CC[C@H](NS(=O)N[C@@H](CCCCN)C(=O)O)C(=O)N[C@H]1C[C@H]2CC[C@]1(C)C2(C)C. The second kappa shape index (κ2) is 9.85. The van der Waals surface area contributed by atoms with Gasteiger partial charge in [0, 0.05) is 6.04 Å². The zero-order valence-electron chi connectivity index (χ0n) is 18.1. The molecule has 9 heteroatoms. The lowest BCUT2D eigenvalue weighted by atomic mass is 9.69. The first-order chi connectivity index (χ1) is 13.6. The van der Waals surface area contributed by atoms with Crippen molar-refractivity contribution in [1.29, 1.82) is 0 Å². The molecule has 2 aliphatic rings. The second-order valence-corrected chi connectivity index (χ2v) is 10.3. The number of nitrogens with two attached hydrogens (primary N) is 1. The van der Waals surface area contributed by atoms with Gasteiger partial charge in [0.05, 0.1) is 6.04 Å². The highest BCUT2D eigenvalue weighted by atomic mass is 32.2.